The van der Waals surface area contributed by atoms with Crippen LogP contribution in [-0.4, -0.2) is 18.4 Å². The van der Waals surface area contributed by atoms with Gasteiger partial charge in [-0.2, -0.15) is 10.2 Å². The number of aryl methyl sites for hydroxylation is 1. The zero-order chi connectivity index (χ0) is 19.4. The van der Waals surface area contributed by atoms with E-state index in [0.29, 0.717) is 11.4 Å². The smallest absolute Gasteiger partial charge is 0.310 e. The standard InChI is InChI=1S/C17H15N5O4S/c1-11-15(16(23)19-17(24)18-11)27(25,26)22-14-9-7-13(8-10-14)21-20-12-5-3-2-4-6-12/h2-10,22H,1H3,(H2,18,19,23,24). The van der Waals surface area contributed by atoms with E-state index in [1.165, 1.54) is 19.1 Å². The first kappa shape index (κ1) is 18.3. The summed E-state index contributed by atoms with van der Waals surface area (Å²) in [5, 5.41) is 8.13. The van der Waals surface area contributed by atoms with Gasteiger partial charge in [-0.05, 0) is 43.3 Å². The van der Waals surface area contributed by atoms with Crippen molar-refractivity contribution in [2.45, 2.75) is 11.8 Å². The SMILES string of the molecule is Cc1[nH]c(=O)[nH]c(=O)c1S(=O)(=O)Nc1ccc(N=Nc2ccccc2)cc1. The number of nitrogens with one attached hydrogen (secondary N) is 3. The molecule has 0 bridgehead atoms. The van der Waals surface area contributed by atoms with Crippen molar-refractivity contribution in [1.29, 1.82) is 0 Å². The molecule has 27 heavy (non-hydrogen) atoms. The Morgan fingerprint density at radius 3 is 2.04 bits per heavy atom. The third-order valence-corrected chi connectivity index (χ3v) is 5.03. The lowest BCUT2D eigenvalue weighted by Crippen LogP contribution is -2.31. The Hall–Kier alpha value is -3.53. The minimum Gasteiger partial charge on any atom is -0.310 e. The van der Waals surface area contributed by atoms with Gasteiger partial charge < -0.3 is 4.98 Å². The van der Waals surface area contributed by atoms with Crippen molar-refractivity contribution in [2.24, 2.45) is 10.2 Å². The quantitative estimate of drug-likeness (QED) is 0.581. The van der Waals surface area contributed by atoms with E-state index in [1.54, 1.807) is 24.3 Å². The number of benzene rings is 2. The molecule has 0 radical (unpaired) electrons. The molecule has 0 spiro atoms. The number of anilines is 1. The van der Waals surface area contributed by atoms with Gasteiger partial charge in [0.15, 0.2) is 4.90 Å². The van der Waals surface area contributed by atoms with Crippen LogP contribution in [0.2, 0.25) is 0 Å². The van der Waals surface area contributed by atoms with E-state index in [9.17, 15) is 18.0 Å². The van der Waals surface area contributed by atoms with Crippen LogP contribution in [0.25, 0.3) is 0 Å². The van der Waals surface area contributed by atoms with Crippen LogP contribution in [0.1, 0.15) is 5.69 Å². The van der Waals surface area contributed by atoms with Gasteiger partial charge in [-0.15, -0.1) is 0 Å². The van der Waals surface area contributed by atoms with Gasteiger partial charge in [-0.1, -0.05) is 18.2 Å². The summed E-state index contributed by atoms with van der Waals surface area (Å²) in [5.74, 6) is 0. The number of nitrogens with zero attached hydrogens (tertiary/aromatic N) is 2. The van der Waals surface area contributed by atoms with Gasteiger partial charge in [-0.3, -0.25) is 14.5 Å². The minimum atomic E-state index is -4.18. The molecule has 1 aromatic heterocycles. The molecule has 0 aliphatic rings. The largest absolute Gasteiger partial charge is 0.325 e. The molecule has 9 nitrogen and oxygen atoms in total. The number of hydrogen-bond donors (Lipinski definition) is 3. The van der Waals surface area contributed by atoms with Gasteiger partial charge in [0, 0.05) is 11.4 Å². The molecule has 0 aliphatic heterocycles. The number of azo groups is 1. The van der Waals surface area contributed by atoms with Crippen LogP contribution in [0.3, 0.4) is 0 Å². The highest BCUT2D eigenvalue weighted by atomic mass is 32.2. The maximum absolute atomic E-state index is 12.5. The zero-order valence-electron chi connectivity index (χ0n) is 14.1. The summed E-state index contributed by atoms with van der Waals surface area (Å²) < 4.78 is 27.2. The highest BCUT2D eigenvalue weighted by molar-refractivity contribution is 7.92. The minimum absolute atomic E-state index is 0.0514. The summed E-state index contributed by atoms with van der Waals surface area (Å²) in [7, 11) is -4.18. The fourth-order valence-corrected chi connectivity index (χ4v) is 3.62. The first-order valence-corrected chi connectivity index (χ1v) is 9.26. The van der Waals surface area contributed by atoms with Crippen molar-refractivity contribution in [3.8, 4) is 0 Å². The topological polar surface area (TPSA) is 137 Å². The molecule has 138 valence electrons. The average molecular weight is 385 g/mol. The Kier molecular flexibility index (Phi) is 4.99. The Bertz CT molecular complexity index is 1200. The second-order valence-electron chi connectivity index (χ2n) is 5.55. The van der Waals surface area contributed by atoms with Crippen LogP contribution in [0.4, 0.5) is 17.1 Å². The van der Waals surface area contributed by atoms with Crippen molar-refractivity contribution in [2.75, 3.05) is 4.72 Å². The summed E-state index contributed by atoms with van der Waals surface area (Å²) in [5.41, 5.74) is -0.361. The van der Waals surface area contributed by atoms with Crippen LogP contribution < -0.4 is 16.0 Å². The maximum Gasteiger partial charge on any atom is 0.325 e. The van der Waals surface area contributed by atoms with E-state index >= 15 is 0 Å². The van der Waals surface area contributed by atoms with Gasteiger partial charge in [0.2, 0.25) is 0 Å². The number of aromatic nitrogens is 2. The first-order valence-electron chi connectivity index (χ1n) is 7.78. The monoisotopic (exact) mass is 385 g/mol. The van der Waals surface area contributed by atoms with Crippen molar-refractivity contribution in [3.63, 3.8) is 0 Å². The molecule has 0 amide bonds. The summed E-state index contributed by atoms with van der Waals surface area (Å²) in [6.45, 7) is 1.33. The molecule has 0 atom stereocenters. The van der Waals surface area contributed by atoms with Crippen LogP contribution in [0, 0.1) is 6.92 Å². The van der Waals surface area contributed by atoms with E-state index in [0.717, 1.165) is 0 Å². The fraction of sp³-hybridized carbons (Fsp3) is 0.0588. The van der Waals surface area contributed by atoms with Gasteiger partial charge in [0.1, 0.15) is 0 Å². The van der Waals surface area contributed by atoms with Crippen LogP contribution in [-0.2, 0) is 10.0 Å². The van der Waals surface area contributed by atoms with Gasteiger partial charge >= 0.3 is 5.69 Å². The number of rotatable bonds is 5. The normalized spacial score (nSPS) is 11.6. The van der Waals surface area contributed by atoms with Crippen LogP contribution >= 0.6 is 0 Å². The lowest BCUT2D eigenvalue weighted by atomic mass is 10.3. The van der Waals surface area contributed by atoms with E-state index in [-0.39, 0.29) is 11.4 Å². The third-order valence-electron chi connectivity index (χ3n) is 3.50. The van der Waals surface area contributed by atoms with Crippen molar-refractivity contribution in [3.05, 3.63) is 81.1 Å². The molecule has 1 heterocycles. The Morgan fingerprint density at radius 2 is 1.44 bits per heavy atom. The molecule has 3 rings (SSSR count). The third kappa shape index (κ3) is 4.36. The zero-order valence-corrected chi connectivity index (χ0v) is 14.9. The molecular formula is C17H15N5O4S. The molecule has 0 fully saturated rings. The summed E-state index contributed by atoms with van der Waals surface area (Å²) in [6.07, 6.45) is 0. The highest BCUT2D eigenvalue weighted by Crippen LogP contribution is 2.21. The predicted octanol–water partition coefficient (Wildman–Crippen LogP) is 2.59. The summed E-state index contributed by atoms with van der Waals surface area (Å²) in [4.78, 5) is 26.7. The molecule has 0 saturated heterocycles. The Balaban J connectivity index is 1.81. The lowest BCUT2D eigenvalue weighted by Gasteiger charge is -2.09. The number of sulfonamides is 1. The molecule has 3 N–H and O–H groups in total. The van der Waals surface area contributed by atoms with Gasteiger partial charge in [-0.25, -0.2) is 13.2 Å². The van der Waals surface area contributed by atoms with Crippen molar-refractivity contribution in [1.82, 2.24) is 9.97 Å². The first-order chi connectivity index (χ1) is 12.8. The van der Waals surface area contributed by atoms with Gasteiger partial charge in [0.25, 0.3) is 15.6 Å². The molecule has 10 heteroatoms. The number of H-pyrrole nitrogens is 2. The van der Waals surface area contributed by atoms with Crippen LogP contribution in [0.15, 0.2) is 79.3 Å². The van der Waals surface area contributed by atoms with E-state index in [4.69, 9.17) is 0 Å². The van der Waals surface area contributed by atoms with E-state index in [1.807, 2.05) is 23.2 Å². The molecule has 0 unspecified atom stereocenters. The van der Waals surface area contributed by atoms with Crippen molar-refractivity contribution < 1.29 is 8.42 Å². The van der Waals surface area contributed by atoms with Crippen molar-refractivity contribution >= 4 is 27.1 Å². The van der Waals surface area contributed by atoms with Crippen LogP contribution in [0.5, 0.6) is 0 Å². The van der Waals surface area contributed by atoms with Gasteiger partial charge in [0.05, 0.1) is 11.4 Å². The second-order valence-corrected chi connectivity index (χ2v) is 7.17. The lowest BCUT2D eigenvalue weighted by molar-refractivity contribution is 0.598. The van der Waals surface area contributed by atoms with E-state index in [2.05, 4.69) is 19.9 Å². The predicted molar refractivity (Wildman–Crippen MR) is 100 cm³/mol. The molecule has 3 aromatic rings. The highest BCUT2D eigenvalue weighted by Gasteiger charge is 2.22. The second kappa shape index (κ2) is 7.38. The average Bonchev–Trinajstić information content (AvgIpc) is 2.60. The molecular weight excluding hydrogens is 370 g/mol. The fourth-order valence-electron chi connectivity index (χ4n) is 2.32. The number of hydrogen-bond acceptors (Lipinski definition) is 6. The Morgan fingerprint density at radius 1 is 0.852 bits per heavy atom. The molecule has 2 aromatic carbocycles. The summed E-state index contributed by atoms with van der Waals surface area (Å²) >= 11 is 0. The number of aromatic amines is 2. The summed E-state index contributed by atoms with van der Waals surface area (Å²) in [6, 6.07) is 15.3. The molecule has 0 aliphatic carbocycles. The molecule has 0 saturated carbocycles. The van der Waals surface area contributed by atoms with E-state index < -0.39 is 26.2 Å². The maximum atomic E-state index is 12.5. The Labute approximate surface area is 153 Å².